The predicted molar refractivity (Wildman–Crippen MR) is 71.9 cm³/mol. The number of nitrogens with two attached hydrogens (primary N) is 1. The number of methoxy groups -OCH3 is 1. The van der Waals surface area contributed by atoms with Crippen LogP contribution in [0.5, 0.6) is 0 Å². The highest BCUT2D eigenvalue weighted by Gasteiger charge is 2.30. The molecule has 0 bridgehead atoms. The molecule has 2 rings (SSSR count). The van der Waals surface area contributed by atoms with Crippen molar-refractivity contribution in [3.63, 3.8) is 0 Å². The van der Waals surface area contributed by atoms with Crippen molar-refractivity contribution in [2.45, 2.75) is 29.9 Å². The summed E-state index contributed by atoms with van der Waals surface area (Å²) in [6, 6.07) is 3.65. The van der Waals surface area contributed by atoms with E-state index in [0.717, 1.165) is 18.9 Å². The maximum Gasteiger partial charge on any atom is 0.293 e. The highest BCUT2D eigenvalue weighted by Crippen LogP contribution is 2.32. The van der Waals surface area contributed by atoms with Gasteiger partial charge in [-0.1, -0.05) is 0 Å². The number of hydrogen-bond acceptors (Lipinski definition) is 6. The molecule has 3 N–H and O–H groups in total. The summed E-state index contributed by atoms with van der Waals surface area (Å²) in [5.74, 6) is 0. The third-order valence-electron chi connectivity index (χ3n) is 3.28. The van der Waals surface area contributed by atoms with Gasteiger partial charge in [-0.05, 0) is 25.0 Å². The predicted octanol–water partition coefficient (Wildman–Crippen LogP) is 0.832. The summed E-state index contributed by atoms with van der Waals surface area (Å²) < 4.78 is 27.5. The van der Waals surface area contributed by atoms with Gasteiger partial charge in [-0.25, -0.2) is 13.6 Å². The number of rotatable bonds is 5. The average Bonchev–Trinajstić information content (AvgIpc) is 2.31. The molecule has 0 aromatic heterocycles. The van der Waals surface area contributed by atoms with E-state index < -0.39 is 14.9 Å². The molecule has 1 fully saturated rings. The number of sulfonamides is 1. The lowest BCUT2D eigenvalue weighted by molar-refractivity contribution is -0.384. The fourth-order valence-electron chi connectivity index (χ4n) is 2.06. The molecule has 0 amide bonds. The van der Waals surface area contributed by atoms with Gasteiger partial charge in [0.25, 0.3) is 5.69 Å². The van der Waals surface area contributed by atoms with Gasteiger partial charge in [0.1, 0.15) is 5.69 Å². The first-order valence-electron chi connectivity index (χ1n) is 5.92. The molecule has 0 saturated heterocycles. The number of anilines is 1. The Kier molecular flexibility index (Phi) is 3.93. The largest absolute Gasteiger partial charge is 0.381 e. The Morgan fingerprint density at radius 1 is 1.45 bits per heavy atom. The smallest absolute Gasteiger partial charge is 0.293 e. The number of nitro groups is 1. The molecule has 20 heavy (non-hydrogen) atoms. The molecular formula is C11H15N3O5S. The van der Waals surface area contributed by atoms with E-state index in [0.29, 0.717) is 0 Å². The maximum absolute atomic E-state index is 11.2. The van der Waals surface area contributed by atoms with Gasteiger partial charge in [-0.2, -0.15) is 0 Å². The van der Waals surface area contributed by atoms with Gasteiger partial charge in [0, 0.05) is 19.2 Å². The van der Waals surface area contributed by atoms with Crippen LogP contribution in [0, 0.1) is 10.1 Å². The molecule has 9 heteroatoms. The Morgan fingerprint density at radius 3 is 2.60 bits per heavy atom. The molecule has 0 radical (unpaired) electrons. The van der Waals surface area contributed by atoms with Crippen molar-refractivity contribution in [1.29, 1.82) is 0 Å². The first kappa shape index (κ1) is 14.7. The number of nitrogens with zero attached hydrogens (tertiary/aromatic N) is 1. The van der Waals surface area contributed by atoms with E-state index in [4.69, 9.17) is 9.88 Å². The van der Waals surface area contributed by atoms with Crippen molar-refractivity contribution < 1.29 is 18.1 Å². The summed E-state index contributed by atoms with van der Waals surface area (Å²) in [5.41, 5.74) is -0.0284. The van der Waals surface area contributed by atoms with Crippen LogP contribution in [0.15, 0.2) is 23.1 Å². The van der Waals surface area contributed by atoms with E-state index in [-0.39, 0.29) is 28.4 Å². The second kappa shape index (κ2) is 5.35. The zero-order chi connectivity index (χ0) is 14.9. The molecule has 1 aliphatic rings. The number of hydrogen-bond donors (Lipinski definition) is 2. The summed E-state index contributed by atoms with van der Waals surface area (Å²) in [6.45, 7) is 0. The normalized spacial score (nSPS) is 22.1. The summed E-state index contributed by atoms with van der Waals surface area (Å²) in [7, 11) is -2.35. The molecule has 0 heterocycles. The van der Waals surface area contributed by atoms with E-state index in [2.05, 4.69) is 5.32 Å². The van der Waals surface area contributed by atoms with Crippen molar-refractivity contribution >= 4 is 21.4 Å². The fourth-order valence-corrected chi connectivity index (χ4v) is 2.59. The SMILES string of the molecule is COC1CC(Nc2ccc(S(N)(=O)=O)cc2[N+](=O)[O-])C1. The molecule has 1 saturated carbocycles. The molecule has 0 unspecified atom stereocenters. The fraction of sp³-hybridized carbons (Fsp3) is 0.455. The molecule has 1 aromatic rings. The second-order valence-electron chi connectivity index (χ2n) is 4.65. The minimum Gasteiger partial charge on any atom is -0.381 e. The zero-order valence-electron chi connectivity index (χ0n) is 10.8. The minimum absolute atomic E-state index is 0.0824. The number of ether oxygens (including phenoxy) is 1. The van der Waals surface area contributed by atoms with Crippen LogP contribution >= 0.6 is 0 Å². The van der Waals surface area contributed by atoms with Crippen molar-refractivity contribution in [3.05, 3.63) is 28.3 Å². The van der Waals surface area contributed by atoms with Crippen molar-refractivity contribution in [1.82, 2.24) is 0 Å². The third kappa shape index (κ3) is 3.06. The molecule has 110 valence electrons. The molecule has 1 aliphatic carbocycles. The summed E-state index contributed by atoms with van der Waals surface area (Å²) in [5, 5.41) is 19.0. The summed E-state index contributed by atoms with van der Waals surface area (Å²) in [4.78, 5) is 10.1. The minimum atomic E-state index is -3.96. The molecule has 8 nitrogen and oxygen atoms in total. The van der Waals surface area contributed by atoms with Crippen LogP contribution in [0.3, 0.4) is 0 Å². The second-order valence-corrected chi connectivity index (χ2v) is 6.21. The van der Waals surface area contributed by atoms with Crippen LogP contribution in [-0.2, 0) is 14.8 Å². The Bertz CT molecular complexity index is 625. The van der Waals surface area contributed by atoms with Gasteiger partial charge >= 0.3 is 0 Å². The van der Waals surface area contributed by atoms with Crippen LogP contribution in [0.4, 0.5) is 11.4 Å². The summed E-state index contributed by atoms with van der Waals surface area (Å²) in [6.07, 6.45) is 1.67. The average molecular weight is 301 g/mol. The maximum atomic E-state index is 11.2. The highest BCUT2D eigenvalue weighted by atomic mass is 32.2. The van der Waals surface area contributed by atoms with Gasteiger partial charge in [0.2, 0.25) is 10.0 Å². The number of benzene rings is 1. The monoisotopic (exact) mass is 301 g/mol. The quantitative estimate of drug-likeness (QED) is 0.613. The molecular weight excluding hydrogens is 286 g/mol. The van der Waals surface area contributed by atoms with Crippen LogP contribution in [-0.4, -0.2) is 32.6 Å². The number of nitrogens with one attached hydrogen (secondary N) is 1. The Hall–Kier alpha value is -1.71. The van der Waals surface area contributed by atoms with Crippen molar-refractivity contribution in [3.8, 4) is 0 Å². The standard InChI is InChI=1S/C11H15N3O5S/c1-19-8-4-7(5-8)13-10-3-2-9(20(12,17)18)6-11(10)14(15)16/h2-3,6-8,13H,4-5H2,1H3,(H2,12,17,18). The number of nitro benzene ring substituents is 1. The molecule has 1 aromatic carbocycles. The Morgan fingerprint density at radius 2 is 2.10 bits per heavy atom. The van der Waals surface area contributed by atoms with Crippen LogP contribution in [0.25, 0.3) is 0 Å². The Labute approximate surface area is 116 Å². The molecule has 0 atom stereocenters. The first-order chi connectivity index (χ1) is 9.31. The van der Waals surface area contributed by atoms with Gasteiger partial charge in [0.15, 0.2) is 0 Å². The Balaban J connectivity index is 2.23. The van der Waals surface area contributed by atoms with E-state index in [1.807, 2.05) is 0 Å². The van der Waals surface area contributed by atoms with E-state index in [1.54, 1.807) is 7.11 Å². The zero-order valence-corrected chi connectivity index (χ0v) is 11.6. The van der Waals surface area contributed by atoms with E-state index >= 15 is 0 Å². The third-order valence-corrected chi connectivity index (χ3v) is 4.19. The van der Waals surface area contributed by atoms with Crippen molar-refractivity contribution in [2.75, 3.05) is 12.4 Å². The van der Waals surface area contributed by atoms with Crippen LogP contribution in [0.2, 0.25) is 0 Å². The topological polar surface area (TPSA) is 125 Å². The van der Waals surface area contributed by atoms with Crippen molar-refractivity contribution in [2.24, 2.45) is 5.14 Å². The van der Waals surface area contributed by atoms with Gasteiger partial charge < -0.3 is 10.1 Å². The van der Waals surface area contributed by atoms with Gasteiger partial charge in [-0.3, -0.25) is 10.1 Å². The lowest BCUT2D eigenvalue weighted by atomic mass is 9.89. The molecule has 0 aliphatic heterocycles. The molecule has 0 spiro atoms. The highest BCUT2D eigenvalue weighted by molar-refractivity contribution is 7.89. The lowest BCUT2D eigenvalue weighted by Gasteiger charge is -2.35. The van der Waals surface area contributed by atoms with Crippen LogP contribution < -0.4 is 10.5 Å². The van der Waals surface area contributed by atoms with Crippen LogP contribution in [0.1, 0.15) is 12.8 Å². The van der Waals surface area contributed by atoms with E-state index in [1.165, 1.54) is 12.1 Å². The first-order valence-corrected chi connectivity index (χ1v) is 7.46. The summed E-state index contributed by atoms with van der Waals surface area (Å²) >= 11 is 0. The lowest BCUT2D eigenvalue weighted by Crippen LogP contribution is -2.40. The van der Waals surface area contributed by atoms with Gasteiger partial charge in [0.05, 0.1) is 15.9 Å². The number of primary sulfonamides is 1. The van der Waals surface area contributed by atoms with E-state index in [9.17, 15) is 18.5 Å². The van der Waals surface area contributed by atoms with Gasteiger partial charge in [-0.15, -0.1) is 0 Å².